The number of carbonyl (C=O) groups excluding carboxylic acids is 3. The average molecular weight is 554 g/mol. The van der Waals surface area contributed by atoms with Crippen LogP contribution in [0.3, 0.4) is 0 Å². The summed E-state index contributed by atoms with van der Waals surface area (Å²) in [7, 11) is 1.64. The van der Waals surface area contributed by atoms with E-state index in [0.29, 0.717) is 32.4 Å². The normalized spacial score (nSPS) is 17.2. The molecule has 1 heterocycles. The summed E-state index contributed by atoms with van der Waals surface area (Å²) in [5.41, 5.74) is 2.15. The number of likely N-dealkylation sites (N-methyl/N-ethyl adjacent to an activating group) is 1. The predicted molar refractivity (Wildman–Crippen MR) is 152 cm³/mol. The maximum Gasteiger partial charge on any atom is 0.263 e. The van der Waals surface area contributed by atoms with E-state index in [9.17, 15) is 24.8 Å². The van der Waals surface area contributed by atoms with Crippen LogP contribution in [0.2, 0.25) is 0 Å². The van der Waals surface area contributed by atoms with E-state index in [1.54, 1.807) is 25.4 Å². The largest absolute Gasteiger partial charge is 0.391 e. The first kappa shape index (κ1) is 32.5. The van der Waals surface area contributed by atoms with Gasteiger partial charge in [-0.05, 0) is 57.6 Å². The number of aliphatic hydroxyl groups is 1. The Morgan fingerprint density at radius 2 is 1.85 bits per heavy atom. The van der Waals surface area contributed by atoms with Crippen LogP contribution in [-0.4, -0.2) is 70.7 Å². The van der Waals surface area contributed by atoms with Gasteiger partial charge in [-0.3, -0.25) is 19.2 Å². The van der Waals surface area contributed by atoms with Crippen molar-refractivity contribution in [1.29, 1.82) is 5.26 Å². The molecule has 0 saturated carbocycles. The highest BCUT2D eigenvalue weighted by Crippen LogP contribution is 2.17. The van der Waals surface area contributed by atoms with Crippen LogP contribution in [0.25, 0.3) is 0 Å². The zero-order chi connectivity index (χ0) is 29.8. The Morgan fingerprint density at radius 3 is 2.40 bits per heavy atom. The van der Waals surface area contributed by atoms with Crippen LogP contribution in [0.1, 0.15) is 58.1 Å². The second-order valence-electron chi connectivity index (χ2n) is 10.6. The Labute approximate surface area is 237 Å². The van der Waals surface area contributed by atoms with Crippen molar-refractivity contribution < 1.29 is 24.3 Å². The SMILES string of the molecule is Cc1ccc(CNC(=O)[C@H](CCCCN(C)C(=O)C(C#N)=CC(C)C)NC(=O)[C@H]([C@@H](C)O)N2C=CC(C)O2)cc1. The topological polar surface area (TPSA) is 135 Å². The minimum absolute atomic E-state index is 0.0740. The number of benzene rings is 1. The van der Waals surface area contributed by atoms with E-state index in [1.807, 2.05) is 58.0 Å². The number of nitriles is 1. The van der Waals surface area contributed by atoms with Crippen LogP contribution in [0, 0.1) is 24.2 Å². The number of unbranched alkanes of at least 4 members (excludes halogenated alkanes) is 1. The van der Waals surface area contributed by atoms with Gasteiger partial charge in [-0.25, -0.2) is 5.06 Å². The molecule has 1 aromatic carbocycles. The molecular weight excluding hydrogens is 510 g/mol. The third-order valence-electron chi connectivity index (χ3n) is 6.45. The fourth-order valence-electron chi connectivity index (χ4n) is 4.21. The number of aryl methyl sites for hydroxylation is 1. The van der Waals surface area contributed by atoms with Crippen molar-refractivity contribution in [3.05, 3.63) is 59.3 Å². The molecule has 10 nitrogen and oxygen atoms in total. The maximum absolute atomic E-state index is 13.2. The van der Waals surface area contributed by atoms with Crippen molar-refractivity contribution in [1.82, 2.24) is 20.6 Å². The van der Waals surface area contributed by atoms with E-state index in [2.05, 4.69) is 10.6 Å². The molecule has 2 rings (SSSR count). The molecule has 4 atom stereocenters. The van der Waals surface area contributed by atoms with E-state index in [1.165, 1.54) is 16.9 Å². The Bertz CT molecular complexity index is 1110. The van der Waals surface area contributed by atoms with Crippen molar-refractivity contribution in [3.8, 4) is 6.07 Å². The summed E-state index contributed by atoms with van der Waals surface area (Å²) in [5, 5.41) is 26.6. The van der Waals surface area contributed by atoms with E-state index in [0.717, 1.165) is 11.1 Å². The quantitative estimate of drug-likeness (QED) is 0.183. The summed E-state index contributed by atoms with van der Waals surface area (Å²) in [4.78, 5) is 46.1. The van der Waals surface area contributed by atoms with Crippen LogP contribution in [-0.2, 0) is 25.8 Å². The number of aliphatic hydroxyl groups excluding tert-OH is 1. The average Bonchev–Trinajstić information content (AvgIpc) is 3.32. The fraction of sp³-hybridized carbons (Fsp3) is 0.533. The van der Waals surface area contributed by atoms with Gasteiger partial charge in [0.2, 0.25) is 11.8 Å². The molecule has 218 valence electrons. The Hall–Kier alpha value is -3.68. The zero-order valence-corrected chi connectivity index (χ0v) is 24.4. The molecule has 3 N–H and O–H groups in total. The second kappa shape index (κ2) is 15.8. The van der Waals surface area contributed by atoms with Crippen LogP contribution >= 0.6 is 0 Å². The monoisotopic (exact) mass is 553 g/mol. The molecule has 0 saturated heterocycles. The number of carbonyl (C=O) groups is 3. The summed E-state index contributed by atoms with van der Waals surface area (Å²) in [6.07, 6.45) is 5.13. The van der Waals surface area contributed by atoms with Crippen molar-refractivity contribution in [2.45, 2.75) is 84.7 Å². The van der Waals surface area contributed by atoms with E-state index in [4.69, 9.17) is 4.84 Å². The molecule has 0 spiro atoms. The molecule has 10 heteroatoms. The molecule has 0 radical (unpaired) electrons. The van der Waals surface area contributed by atoms with Gasteiger partial charge in [0.25, 0.3) is 5.91 Å². The molecule has 0 fully saturated rings. The van der Waals surface area contributed by atoms with E-state index < -0.39 is 24.1 Å². The fourth-order valence-corrected chi connectivity index (χ4v) is 4.21. The lowest BCUT2D eigenvalue weighted by atomic mass is 10.1. The lowest BCUT2D eigenvalue weighted by Crippen LogP contribution is -2.55. The molecule has 1 unspecified atom stereocenters. The highest BCUT2D eigenvalue weighted by atomic mass is 16.7. The molecule has 0 bridgehead atoms. The number of nitrogens with one attached hydrogen (secondary N) is 2. The lowest BCUT2D eigenvalue weighted by Gasteiger charge is -2.30. The summed E-state index contributed by atoms with van der Waals surface area (Å²) in [5.74, 6) is -1.15. The first-order chi connectivity index (χ1) is 18.9. The van der Waals surface area contributed by atoms with Gasteiger partial charge in [-0.15, -0.1) is 0 Å². The van der Waals surface area contributed by atoms with Gasteiger partial charge < -0.3 is 20.6 Å². The minimum Gasteiger partial charge on any atom is -0.391 e. The van der Waals surface area contributed by atoms with Gasteiger partial charge in [0, 0.05) is 26.3 Å². The third-order valence-corrected chi connectivity index (χ3v) is 6.45. The summed E-state index contributed by atoms with van der Waals surface area (Å²) < 4.78 is 0. The van der Waals surface area contributed by atoms with Crippen molar-refractivity contribution in [3.63, 3.8) is 0 Å². The van der Waals surface area contributed by atoms with Crippen LogP contribution in [0.15, 0.2) is 48.2 Å². The van der Waals surface area contributed by atoms with Crippen LogP contribution in [0.4, 0.5) is 0 Å². The van der Waals surface area contributed by atoms with Crippen molar-refractivity contribution in [2.75, 3.05) is 13.6 Å². The first-order valence-corrected chi connectivity index (χ1v) is 13.8. The molecular formula is C30H43N5O5. The number of amides is 3. The summed E-state index contributed by atoms with van der Waals surface area (Å²) in [6, 6.07) is 7.86. The molecule has 3 amide bonds. The number of hydroxylamine groups is 2. The zero-order valence-electron chi connectivity index (χ0n) is 24.4. The standard InChI is InChI=1S/C30H43N5O5/c1-20(2)17-25(18-31)30(39)34(6)15-8-7-9-26(28(37)32-19-24-12-10-21(3)11-13-24)33-29(38)27(23(5)36)35-16-14-22(4)40-35/h10-14,16-17,20,22-23,26-27,36H,7-9,15,19H2,1-6H3,(H,32,37)(H,33,38)/t22?,23-,26+,27+/m1/s1. The van der Waals surface area contributed by atoms with Crippen LogP contribution < -0.4 is 10.6 Å². The van der Waals surface area contributed by atoms with Crippen LogP contribution in [0.5, 0.6) is 0 Å². The number of nitrogens with zero attached hydrogens (tertiary/aromatic N) is 3. The Balaban J connectivity index is 2.05. The van der Waals surface area contributed by atoms with Gasteiger partial charge in [0.15, 0.2) is 6.04 Å². The molecule has 1 aliphatic rings. The van der Waals surface area contributed by atoms with Gasteiger partial charge >= 0.3 is 0 Å². The van der Waals surface area contributed by atoms with Gasteiger partial charge in [0.1, 0.15) is 23.8 Å². The predicted octanol–water partition coefficient (Wildman–Crippen LogP) is 2.73. The summed E-state index contributed by atoms with van der Waals surface area (Å²) >= 11 is 0. The molecule has 1 aromatic rings. The van der Waals surface area contributed by atoms with Gasteiger partial charge in [-0.1, -0.05) is 49.8 Å². The molecule has 40 heavy (non-hydrogen) atoms. The first-order valence-electron chi connectivity index (χ1n) is 13.8. The molecule has 0 aliphatic carbocycles. The Morgan fingerprint density at radius 1 is 1.18 bits per heavy atom. The Kier molecular flexibility index (Phi) is 12.8. The lowest BCUT2D eigenvalue weighted by molar-refractivity contribution is -0.179. The third kappa shape index (κ3) is 10.1. The minimum atomic E-state index is -1.06. The second-order valence-corrected chi connectivity index (χ2v) is 10.6. The highest BCUT2D eigenvalue weighted by Gasteiger charge is 2.34. The number of allylic oxidation sites excluding steroid dienone is 1. The number of rotatable bonds is 14. The highest BCUT2D eigenvalue weighted by molar-refractivity contribution is 5.97. The van der Waals surface area contributed by atoms with Crippen molar-refractivity contribution >= 4 is 17.7 Å². The maximum atomic E-state index is 13.2. The van der Waals surface area contributed by atoms with Gasteiger partial charge in [-0.2, -0.15) is 5.26 Å². The molecule has 1 aliphatic heterocycles. The van der Waals surface area contributed by atoms with Gasteiger partial charge in [0.05, 0.1) is 6.10 Å². The number of hydrogen-bond donors (Lipinski definition) is 3. The number of hydrogen-bond acceptors (Lipinski definition) is 7. The molecule has 0 aromatic heterocycles. The van der Waals surface area contributed by atoms with E-state index >= 15 is 0 Å². The smallest absolute Gasteiger partial charge is 0.263 e. The van der Waals surface area contributed by atoms with Crippen molar-refractivity contribution in [2.24, 2.45) is 5.92 Å². The van der Waals surface area contributed by atoms with E-state index in [-0.39, 0.29) is 29.4 Å². The summed E-state index contributed by atoms with van der Waals surface area (Å²) in [6.45, 7) is 9.79.